The highest BCUT2D eigenvalue weighted by Crippen LogP contribution is 2.34. The van der Waals surface area contributed by atoms with Crippen molar-refractivity contribution >= 4 is 16.5 Å². The zero-order valence-electron chi connectivity index (χ0n) is 7.92. The lowest BCUT2D eigenvalue weighted by Gasteiger charge is -2.13. The monoisotopic (exact) mass is 235 g/mol. The van der Waals surface area contributed by atoms with E-state index in [0.29, 0.717) is 17.6 Å². The van der Waals surface area contributed by atoms with E-state index in [1.54, 1.807) is 0 Å². The predicted molar refractivity (Wildman–Crippen MR) is 52.8 cm³/mol. The van der Waals surface area contributed by atoms with Gasteiger partial charge in [-0.3, -0.25) is 0 Å². The summed E-state index contributed by atoms with van der Waals surface area (Å²) in [6.07, 6.45) is -3.42. The minimum atomic E-state index is -4.33. The third kappa shape index (κ3) is 2.25. The van der Waals surface area contributed by atoms with Crippen molar-refractivity contribution in [1.82, 2.24) is 4.98 Å². The smallest absolute Gasteiger partial charge is 0.348 e. The molecule has 0 unspecified atom stereocenters. The van der Waals surface area contributed by atoms with Gasteiger partial charge in [-0.25, -0.2) is 4.98 Å². The molecule has 83 valence electrons. The normalized spacial score (nSPS) is 22.4. The highest BCUT2D eigenvalue weighted by atomic mass is 32.1. The van der Waals surface area contributed by atoms with Gasteiger partial charge in [-0.1, -0.05) is 0 Å². The van der Waals surface area contributed by atoms with E-state index < -0.39 is 11.9 Å². The molecule has 1 atom stereocenters. The Labute approximate surface area is 89.7 Å². The Balaban J connectivity index is 2.14. The van der Waals surface area contributed by atoms with Crippen LogP contribution in [0.25, 0.3) is 0 Å². The first-order valence-corrected chi connectivity index (χ1v) is 5.45. The molecule has 0 saturated carbocycles. The number of hydrogen-bond acceptors (Lipinski definition) is 3. The van der Waals surface area contributed by atoms with Gasteiger partial charge < -0.3 is 4.90 Å². The zero-order chi connectivity index (χ0) is 11.1. The van der Waals surface area contributed by atoms with E-state index >= 15 is 0 Å². The van der Waals surface area contributed by atoms with E-state index in [9.17, 15) is 13.2 Å². The average Bonchev–Trinajstić information content (AvgIpc) is 2.69. The van der Waals surface area contributed by atoms with Crippen LogP contribution in [0.1, 0.15) is 12.1 Å². The van der Waals surface area contributed by atoms with Crippen LogP contribution in [-0.2, 0) is 6.18 Å². The van der Waals surface area contributed by atoms with Crippen molar-refractivity contribution in [1.29, 1.82) is 0 Å². The Morgan fingerprint density at radius 1 is 1.53 bits per heavy atom. The average molecular weight is 235 g/mol. The molecular formula is C9H10F3N2S. The molecule has 6 heteroatoms. The molecule has 0 N–H and O–H groups in total. The Hall–Kier alpha value is -0.780. The molecule has 1 radical (unpaired) electrons. The van der Waals surface area contributed by atoms with Crippen LogP contribution in [-0.4, -0.2) is 18.1 Å². The van der Waals surface area contributed by atoms with Gasteiger partial charge in [-0.2, -0.15) is 13.2 Å². The van der Waals surface area contributed by atoms with Gasteiger partial charge in [-0.05, 0) is 19.3 Å². The molecule has 1 aliphatic heterocycles. The van der Waals surface area contributed by atoms with E-state index in [2.05, 4.69) is 11.9 Å². The molecule has 1 fully saturated rings. The van der Waals surface area contributed by atoms with Gasteiger partial charge in [0.15, 0.2) is 10.8 Å². The lowest BCUT2D eigenvalue weighted by atomic mass is 10.2. The minimum absolute atomic E-state index is 0.295. The summed E-state index contributed by atoms with van der Waals surface area (Å²) in [4.78, 5) is 5.45. The number of hydrogen-bond donors (Lipinski definition) is 0. The maximum atomic E-state index is 12.3. The Bertz CT molecular complexity index is 347. The number of halogens is 3. The Morgan fingerprint density at radius 3 is 2.73 bits per heavy atom. The molecule has 2 heterocycles. The molecule has 0 aliphatic carbocycles. The van der Waals surface area contributed by atoms with Crippen LogP contribution in [0.2, 0.25) is 0 Å². The summed E-state index contributed by atoms with van der Waals surface area (Å²) in [5, 5.41) is 1.51. The van der Waals surface area contributed by atoms with Crippen molar-refractivity contribution in [3.05, 3.63) is 18.0 Å². The van der Waals surface area contributed by atoms with Crippen molar-refractivity contribution in [2.45, 2.75) is 12.6 Å². The Kier molecular flexibility index (Phi) is 2.62. The van der Waals surface area contributed by atoms with Gasteiger partial charge in [0, 0.05) is 18.5 Å². The number of thiazole rings is 1. The highest BCUT2D eigenvalue weighted by Gasteiger charge is 2.34. The number of rotatable bonds is 1. The second-order valence-electron chi connectivity index (χ2n) is 3.61. The second-order valence-corrected chi connectivity index (χ2v) is 4.45. The summed E-state index contributed by atoms with van der Waals surface area (Å²) in [5.74, 6) is 0.295. The molecule has 1 aromatic rings. The lowest BCUT2D eigenvalue weighted by Crippen LogP contribution is -2.19. The quantitative estimate of drug-likeness (QED) is 0.744. The summed E-state index contributed by atoms with van der Waals surface area (Å²) in [6, 6.07) is 0. The molecule has 0 bridgehead atoms. The fourth-order valence-electron chi connectivity index (χ4n) is 1.55. The molecule has 15 heavy (non-hydrogen) atoms. The topological polar surface area (TPSA) is 16.1 Å². The highest BCUT2D eigenvalue weighted by molar-refractivity contribution is 7.13. The van der Waals surface area contributed by atoms with Crippen molar-refractivity contribution in [2.75, 3.05) is 18.0 Å². The second kappa shape index (κ2) is 3.66. The first-order valence-electron chi connectivity index (χ1n) is 4.57. The van der Waals surface area contributed by atoms with Gasteiger partial charge in [0.2, 0.25) is 0 Å². The molecule has 1 aliphatic rings. The van der Waals surface area contributed by atoms with Crippen LogP contribution in [0, 0.1) is 12.8 Å². The van der Waals surface area contributed by atoms with Crippen LogP contribution in [0.4, 0.5) is 18.3 Å². The van der Waals surface area contributed by atoms with E-state index in [1.165, 1.54) is 0 Å². The Morgan fingerprint density at radius 2 is 2.27 bits per heavy atom. The molecule has 2 nitrogen and oxygen atoms in total. The predicted octanol–water partition coefficient (Wildman–Crippen LogP) is 2.82. The molecule has 1 aromatic heterocycles. The van der Waals surface area contributed by atoms with Gasteiger partial charge in [0.05, 0.1) is 0 Å². The molecule has 0 spiro atoms. The molecule has 1 saturated heterocycles. The minimum Gasteiger partial charge on any atom is -0.348 e. The first-order chi connectivity index (χ1) is 6.97. The van der Waals surface area contributed by atoms with Crippen LogP contribution in [0.5, 0.6) is 0 Å². The number of aromatic nitrogens is 1. The van der Waals surface area contributed by atoms with Crippen LogP contribution < -0.4 is 4.90 Å². The van der Waals surface area contributed by atoms with Crippen molar-refractivity contribution < 1.29 is 13.2 Å². The fourth-order valence-corrected chi connectivity index (χ4v) is 2.42. The SMILES string of the molecule is [CH2][C@@H]1CCN(c2nc(C(F)(F)F)cs2)C1. The third-order valence-corrected chi connectivity index (χ3v) is 3.24. The van der Waals surface area contributed by atoms with E-state index in [1.807, 2.05) is 4.90 Å². The molecule has 0 amide bonds. The van der Waals surface area contributed by atoms with Crippen LogP contribution in [0.3, 0.4) is 0 Å². The van der Waals surface area contributed by atoms with Gasteiger partial charge >= 0.3 is 6.18 Å². The summed E-state index contributed by atoms with van der Waals surface area (Å²) >= 11 is 1.04. The van der Waals surface area contributed by atoms with E-state index in [0.717, 1.165) is 29.7 Å². The summed E-state index contributed by atoms with van der Waals surface area (Å²) in [7, 11) is 0. The summed E-state index contributed by atoms with van der Waals surface area (Å²) < 4.78 is 36.8. The number of anilines is 1. The number of alkyl halides is 3. The first kappa shape index (κ1) is 10.7. The van der Waals surface area contributed by atoms with E-state index in [4.69, 9.17) is 0 Å². The van der Waals surface area contributed by atoms with Crippen LogP contribution in [0.15, 0.2) is 5.38 Å². The maximum Gasteiger partial charge on any atom is 0.434 e. The van der Waals surface area contributed by atoms with Gasteiger partial charge in [-0.15, -0.1) is 11.3 Å². The van der Waals surface area contributed by atoms with Crippen molar-refractivity contribution in [3.8, 4) is 0 Å². The maximum absolute atomic E-state index is 12.3. The summed E-state index contributed by atoms with van der Waals surface area (Å²) in [6.45, 7) is 5.33. The zero-order valence-corrected chi connectivity index (χ0v) is 8.74. The van der Waals surface area contributed by atoms with Crippen molar-refractivity contribution in [3.63, 3.8) is 0 Å². The van der Waals surface area contributed by atoms with Gasteiger partial charge in [0.25, 0.3) is 0 Å². The van der Waals surface area contributed by atoms with Crippen molar-refractivity contribution in [2.24, 2.45) is 5.92 Å². The van der Waals surface area contributed by atoms with E-state index in [-0.39, 0.29) is 0 Å². The lowest BCUT2D eigenvalue weighted by molar-refractivity contribution is -0.140. The molecule has 2 rings (SSSR count). The fraction of sp³-hybridized carbons (Fsp3) is 0.556. The summed E-state index contributed by atoms with van der Waals surface area (Å²) in [5.41, 5.74) is -0.796. The third-order valence-electron chi connectivity index (χ3n) is 2.34. The molecular weight excluding hydrogens is 225 g/mol. The standard InChI is InChI=1S/C9H10F3N2S/c1-6-2-3-14(4-6)8-13-7(5-15-8)9(10,11)12/h5-6H,1-4H2/t6-/m1/s1. The van der Waals surface area contributed by atoms with Crippen LogP contribution >= 0.6 is 11.3 Å². The molecule has 0 aromatic carbocycles. The largest absolute Gasteiger partial charge is 0.434 e. The van der Waals surface area contributed by atoms with Gasteiger partial charge in [0.1, 0.15) is 0 Å². The number of nitrogens with zero attached hydrogens (tertiary/aromatic N) is 2.